The summed E-state index contributed by atoms with van der Waals surface area (Å²) in [5, 5.41) is 9.42. The number of aliphatic hydroxyl groups is 1. The molecule has 1 N–H and O–H groups in total. The van der Waals surface area contributed by atoms with Gasteiger partial charge in [0, 0.05) is 0 Å². The molecule has 1 aliphatic rings. The Morgan fingerprint density at radius 2 is 2.18 bits per heavy atom. The van der Waals surface area contributed by atoms with Crippen LogP contribution in [0.25, 0.3) is 0 Å². The highest BCUT2D eigenvalue weighted by Crippen LogP contribution is 2.25. The van der Waals surface area contributed by atoms with Crippen LogP contribution in [-0.4, -0.2) is 11.2 Å². The summed E-state index contributed by atoms with van der Waals surface area (Å²) in [5.41, 5.74) is 1.27. The third kappa shape index (κ3) is 3.57. The van der Waals surface area contributed by atoms with E-state index in [2.05, 4.69) is 13.0 Å². The van der Waals surface area contributed by atoms with Gasteiger partial charge >= 0.3 is 0 Å². The second-order valence-electron chi connectivity index (χ2n) is 3.35. The predicted octanol–water partition coefficient (Wildman–Crippen LogP) is 2.65. The molecular formula is C10H18O. The lowest BCUT2D eigenvalue weighted by atomic mass is 10.1. The van der Waals surface area contributed by atoms with Gasteiger partial charge in [0.1, 0.15) is 0 Å². The number of aliphatic hydroxyl groups excluding tert-OH is 1. The van der Waals surface area contributed by atoms with Crippen molar-refractivity contribution < 1.29 is 5.11 Å². The zero-order valence-corrected chi connectivity index (χ0v) is 7.34. The highest BCUT2D eigenvalue weighted by atomic mass is 16.3. The lowest BCUT2D eigenvalue weighted by molar-refractivity contribution is 0.200. The number of rotatable bonds is 6. The second kappa shape index (κ2) is 4.55. The van der Waals surface area contributed by atoms with Crippen LogP contribution in [0, 0.1) is 0 Å². The zero-order chi connectivity index (χ0) is 8.10. The normalized spacial score (nSPS) is 17.8. The van der Waals surface area contributed by atoms with Gasteiger partial charge in [0.05, 0.1) is 6.10 Å². The van der Waals surface area contributed by atoms with Gasteiger partial charge in [-0.3, -0.25) is 0 Å². The minimum atomic E-state index is -0.105. The Balaban J connectivity index is 1.89. The molecule has 0 saturated carbocycles. The predicted molar refractivity (Wildman–Crippen MR) is 47.5 cm³/mol. The fourth-order valence-corrected chi connectivity index (χ4v) is 1.28. The summed E-state index contributed by atoms with van der Waals surface area (Å²) >= 11 is 0. The van der Waals surface area contributed by atoms with E-state index in [9.17, 15) is 5.11 Å². The van der Waals surface area contributed by atoms with Crippen molar-refractivity contribution in [1.29, 1.82) is 0 Å². The molecule has 0 saturated heterocycles. The van der Waals surface area contributed by atoms with Crippen molar-refractivity contribution >= 4 is 0 Å². The molecule has 11 heavy (non-hydrogen) atoms. The molecule has 1 nitrogen and oxygen atoms in total. The first-order chi connectivity index (χ1) is 5.34. The van der Waals surface area contributed by atoms with Crippen LogP contribution in [0.1, 0.15) is 45.4 Å². The summed E-state index contributed by atoms with van der Waals surface area (Å²) in [6, 6.07) is 0. The van der Waals surface area contributed by atoms with E-state index in [0.717, 1.165) is 12.8 Å². The van der Waals surface area contributed by atoms with Crippen molar-refractivity contribution in [3.63, 3.8) is 0 Å². The van der Waals surface area contributed by atoms with Crippen molar-refractivity contribution in [2.75, 3.05) is 0 Å². The van der Waals surface area contributed by atoms with Gasteiger partial charge in [0.25, 0.3) is 0 Å². The van der Waals surface area contributed by atoms with E-state index in [-0.39, 0.29) is 6.10 Å². The SMILES string of the molecule is CCCCCCC(O)C1=CC1. The molecule has 1 atom stereocenters. The van der Waals surface area contributed by atoms with Gasteiger partial charge in [-0.1, -0.05) is 38.7 Å². The molecule has 0 aromatic heterocycles. The molecule has 0 amide bonds. The Labute approximate surface area is 69.1 Å². The molecule has 1 heteroatoms. The maximum absolute atomic E-state index is 9.42. The molecule has 64 valence electrons. The lowest BCUT2D eigenvalue weighted by Crippen LogP contribution is -2.03. The summed E-state index contributed by atoms with van der Waals surface area (Å²) < 4.78 is 0. The van der Waals surface area contributed by atoms with Gasteiger partial charge in [0.15, 0.2) is 0 Å². The van der Waals surface area contributed by atoms with Crippen LogP contribution in [0.5, 0.6) is 0 Å². The standard InChI is InChI=1S/C10H18O/c1-2-3-4-5-6-10(11)9-7-8-9/h7,10-11H,2-6,8H2,1H3. The van der Waals surface area contributed by atoms with Gasteiger partial charge in [0.2, 0.25) is 0 Å². The van der Waals surface area contributed by atoms with E-state index >= 15 is 0 Å². The van der Waals surface area contributed by atoms with E-state index in [1.165, 1.54) is 31.3 Å². The average molecular weight is 154 g/mol. The van der Waals surface area contributed by atoms with Crippen molar-refractivity contribution in [3.05, 3.63) is 11.6 Å². The van der Waals surface area contributed by atoms with Crippen molar-refractivity contribution in [3.8, 4) is 0 Å². The van der Waals surface area contributed by atoms with Crippen LogP contribution in [-0.2, 0) is 0 Å². The highest BCUT2D eigenvalue weighted by Gasteiger charge is 2.16. The molecule has 0 radical (unpaired) electrons. The monoisotopic (exact) mass is 154 g/mol. The van der Waals surface area contributed by atoms with Crippen molar-refractivity contribution in [1.82, 2.24) is 0 Å². The van der Waals surface area contributed by atoms with Crippen molar-refractivity contribution in [2.45, 2.75) is 51.6 Å². The fraction of sp³-hybridized carbons (Fsp3) is 0.800. The van der Waals surface area contributed by atoms with Crippen LogP contribution < -0.4 is 0 Å². The van der Waals surface area contributed by atoms with Crippen LogP contribution in [0.4, 0.5) is 0 Å². The molecular weight excluding hydrogens is 136 g/mol. The summed E-state index contributed by atoms with van der Waals surface area (Å²) in [4.78, 5) is 0. The Morgan fingerprint density at radius 3 is 2.73 bits per heavy atom. The minimum absolute atomic E-state index is 0.105. The van der Waals surface area contributed by atoms with E-state index in [1.54, 1.807) is 0 Å². The Kier molecular flexibility index (Phi) is 3.64. The quantitative estimate of drug-likeness (QED) is 0.460. The van der Waals surface area contributed by atoms with Gasteiger partial charge in [-0.2, -0.15) is 0 Å². The van der Waals surface area contributed by atoms with Crippen LogP contribution >= 0.6 is 0 Å². The number of unbranched alkanes of at least 4 members (excludes halogenated alkanes) is 3. The molecule has 1 aliphatic carbocycles. The van der Waals surface area contributed by atoms with Crippen LogP contribution in [0.15, 0.2) is 11.6 Å². The topological polar surface area (TPSA) is 20.2 Å². The zero-order valence-electron chi connectivity index (χ0n) is 7.34. The second-order valence-corrected chi connectivity index (χ2v) is 3.35. The number of hydrogen-bond donors (Lipinski definition) is 1. The molecule has 1 unspecified atom stereocenters. The summed E-state index contributed by atoms with van der Waals surface area (Å²) in [7, 11) is 0. The largest absolute Gasteiger partial charge is 0.389 e. The van der Waals surface area contributed by atoms with E-state index in [0.29, 0.717) is 0 Å². The van der Waals surface area contributed by atoms with E-state index < -0.39 is 0 Å². The first-order valence-electron chi connectivity index (χ1n) is 4.71. The molecule has 0 bridgehead atoms. The highest BCUT2D eigenvalue weighted by molar-refractivity contribution is 5.25. The molecule has 0 aliphatic heterocycles. The van der Waals surface area contributed by atoms with Gasteiger partial charge in [-0.05, 0) is 18.4 Å². The Bertz CT molecular complexity index is 138. The van der Waals surface area contributed by atoms with Crippen molar-refractivity contribution in [2.24, 2.45) is 0 Å². The van der Waals surface area contributed by atoms with Crippen LogP contribution in [0.3, 0.4) is 0 Å². The summed E-state index contributed by atoms with van der Waals surface area (Å²) in [6.07, 6.45) is 9.11. The maximum atomic E-state index is 9.42. The van der Waals surface area contributed by atoms with Crippen LogP contribution in [0.2, 0.25) is 0 Å². The molecule has 0 aromatic carbocycles. The number of hydrogen-bond acceptors (Lipinski definition) is 1. The Morgan fingerprint density at radius 1 is 1.45 bits per heavy atom. The third-order valence-electron chi connectivity index (χ3n) is 2.20. The van der Waals surface area contributed by atoms with Gasteiger partial charge in [-0.15, -0.1) is 0 Å². The molecule has 1 rings (SSSR count). The fourth-order valence-electron chi connectivity index (χ4n) is 1.28. The van der Waals surface area contributed by atoms with Gasteiger partial charge in [-0.25, -0.2) is 0 Å². The van der Waals surface area contributed by atoms with E-state index in [1.807, 2.05) is 0 Å². The summed E-state index contributed by atoms with van der Waals surface area (Å²) in [6.45, 7) is 2.21. The molecule has 0 spiro atoms. The third-order valence-corrected chi connectivity index (χ3v) is 2.20. The molecule has 0 aromatic rings. The molecule has 0 heterocycles. The smallest absolute Gasteiger partial charge is 0.0753 e. The summed E-state index contributed by atoms with van der Waals surface area (Å²) in [5.74, 6) is 0. The maximum Gasteiger partial charge on any atom is 0.0753 e. The lowest BCUT2D eigenvalue weighted by Gasteiger charge is -2.05. The van der Waals surface area contributed by atoms with Gasteiger partial charge < -0.3 is 5.11 Å². The number of allylic oxidation sites excluding steroid dienone is 1. The minimum Gasteiger partial charge on any atom is -0.389 e. The average Bonchev–Trinajstić information content (AvgIpc) is 2.79. The molecule has 0 fully saturated rings. The van der Waals surface area contributed by atoms with E-state index in [4.69, 9.17) is 0 Å². The first-order valence-corrected chi connectivity index (χ1v) is 4.71. The Hall–Kier alpha value is -0.300. The first kappa shape index (κ1) is 8.79.